The lowest BCUT2D eigenvalue weighted by Gasteiger charge is -2.49. The summed E-state index contributed by atoms with van der Waals surface area (Å²) in [5, 5.41) is 14.1. The van der Waals surface area contributed by atoms with Crippen molar-refractivity contribution in [3.05, 3.63) is 35.9 Å². The lowest BCUT2D eigenvalue weighted by molar-refractivity contribution is -0.212. The largest absolute Gasteiger partial charge is 0.388 e. The molecule has 2 N–H and O–H groups in total. The van der Waals surface area contributed by atoms with E-state index < -0.39 is 11.7 Å². The maximum atomic E-state index is 10.8. The van der Waals surface area contributed by atoms with Crippen LogP contribution in [0.2, 0.25) is 0 Å². The maximum Gasteiger partial charge on any atom is 0.0979 e. The van der Waals surface area contributed by atoms with Crippen molar-refractivity contribution in [2.24, 2.45) is 0 Å². The summed E-state index contributed by atoms with van der Waals surface area (Å²) in [6.07, 6.45) is 3.41. The first kappa shape index (κ1) is 15.0. The number of likely N-dealkylation sites (N-methyl/N-ethyl adjacent to an activating group) is 1. The van der Waals surface area contributed by atoms with Gasteiger partial charge in [-0.1, -0.05) is 30.3 Å². The highest BCUT2D eigenvalue weighted by atomic mass is 16.5. The monoisotopic (exact) mass is 289 g/mol. The molecule has 2 bridgehead atoms. The molecule has 0 aromatic heterocycles. The first-order valence-corrected chi connectivity index (χ1v) is 8.06. The third-order valence-corrected chi connectivity index (χ3v) is 5.44. The molecule has 1 aromatic carbocycles. The summed E-state index contributed by atoms with van der Waals surface area (Å²) in [6, 6.07) is 10.8. The van der Waals surface area contributed by atoms with Gasteiger partial charge in [-0.15, -0.1) is 0 Å². The van der Waals surface area contributed by atoms with Crippen LogP contribution in [0.25, 0.3) is 0 Å². The van der Waals surface area contributed by atoms with E-state index in [1.54, 1.807) is 0 Å². The van der Waals surface area contributed by atoms with Crippen molar-refractivity contribution in [1.29, 1.82) is 0 Å². The molecule has 3 nitrogen and oxygen atoms in total. The van der Waals surface area contributed by atoms with Crippen molar-refractivity contribution >= 4 is 0 Å². The Morgan fingerprint density at radius 1 is 1.19 bits per heavy atom. The predicted octanol–water partition coefficient (Wildman–Crippen LogP) is 2.84. The molecule has 0 spiro atoms. The van der Waals surface area contributed by atoms with E-state index in [0.717, 1.165) is 25.7 Å². The zero-order chi connectivity index (χ0) is 15.1. The number of fused-ring (bicyclic) bond motifs is 2. The molecule has 2 saturated heterocycles. The number of aliphatic hydroxyl groups is 1. The van der Waals surface area contributed by atoms with Gasteiger partial charge in [0.1, 0.15) is 0 Å². The molecular formula is C18H27NO2. The number of rotatable bonds is 2. The summed E-state index contributed by atoms with van der Waals surface area (Å²) in [5.41, 5.74) is 0.756. The van der Waals surface area contributed by atoms with Gasteiger partial charge in [-0.05, 0) is 58.1 Å². The number of benzene rings is 1. The summed E-state index contributed by atoms with van der Waals surface area (Å²) >= 11 is 0. The molecule has 1 aromatic rings. The minimum absolute atomic E-state index is 0.117. The van der Waals surface area contributed by atoms with E-state index in [9.17, 15) is 5.11 Å². The standard InChI is InChI=1S/C18H27NO2/c1-17-10-9-15(19-3)16(20)18(2,21-17)12-14(11-17)13-7-5-4-6-8-13/h4-8,14-16,19-20H,9-12H2,1-3H3/t14-,15+,16-,17-,18-/m0/s1. The molecule has 3 heteroatoms. The first-order valence-electron chi connectivity index (χ1n) is 8.06. The second-order valence-corrected chi connectivity index (χ2v) is 7.26. The second-order valence-electron chi connectivity index (χ2n) is 7.26. The van der Waals surface area contributed by atoms with Crippen LogP contribution in [-0.2, 0) is 4.74 Å². The van der Waals surface area contributed by atoms with Gasteiger partial charge in [-0.2, -0.15) is 0 Å². The smallest absolute Gasteiger partial charge is 0.0979 e. The Morgan fingerprint density at radius 3 is 2.57 bits per heavy atom. The lowest BCUT2D eigenvalue weighted by Crippen LogP contribution is -2.56. The van der Waals surface area contributed by atoms with Crippen LogP contribution in [0.4, 0.5) is 0 Å². The highest BCUT2D eigenvalue weighted by Gasteiger charge is 2.52. The molecule has 5 atom stereocenters. The SMILES string of the molecule is CN[C@@H]1CC[C@@]2(C)C[C@H](c3ccccc3)C[C@](C)(O2)[C@H]1O. The number of aliphatic hydroxyl groups excluding tert-OH is 1. The van der Waals surface area contributed by atoms with Crippen LogP contribution < -0.4 is 5.32 Å². The summed E-state index contributed by atoms with van der Waals surface area (Å²) in [7, 11) is 1.93. The van der Waals surface area contributed by atoms with Gasteiger partial charge in [0, 0.05) is 6.04 Å². The normalized spacial score (nSPS) is 43.3. The quantitative estimate of drug-likeness (QED) is 0.879. The first-order chi connectivity index (χ1) is 9.96. The molecule has 0 saturated carbocycles. The maximum absolute atomic E-state index is 10.8. The lowest BCUT2D eigenvalue weighted by atomic mass is 9.74. The number of ether oxygens (including phenoxy) is 1. The number of hydrogen-bond acceptors (Lipinski definition) is 3. The van der Waals surface area contributed by atoms with Crippen LogP contribution in [0.15, 0.2) is 30.3 Å². The zero-order valence-electron chi connectivity index (χ0n) is 13.3. The summed E-state index contributed by atoms with van der Waals surface area (Å²) < 4.78 is 6.43. The fraction of sp³-hybridized carbons (Fsp3) is 0.667. The van der Waals surface area contributed by atoms with E-state index in [4.69, 9.17) is 4.74 Å². The Bertz CT molecular complexity index is 491. The van der Waals surface area contributed by atoms with Gasteiger partial charge in [0.25, 0.3) is 0 Å². The summed E-state index contributed by atoms with van der Waals surface area (Å²) in [5.74, 6) is 0.459. The van der Waals surface area contributed by atoms with Gasteiger partial charge in [0.05, 0.1) is 17.3 Å². The van der Waals surface area contributed by atoms with Crippen LogP contribution in [0.3, 0.4) is 0 Å². The van der Waals surface area contributed by atoms with Gasteiger partial charge >= 0.3 is 0 Å². The van der Waals surface area contributed by atoms with Crippen molar-refractivity contribution < 1.29 is 9.84 Å². The van der Waals surface area contributed by atoms with E-state index in [1.165, 1.54) is 5.56 Å². The van der Waals surface area contributed by atoms with Crippen LogP contribution in [0, 0.1) is 0 Å². The van der Waals surface area contributed by atoms with Crippen molar-refractivity contribution in [3.8, 4) is 0 Å². The van der Waals surface area contributed by atoms with Gasteiger partial charge in [0.2, 0.25) is 0 Å². The molecular weight excluding hydrogens is 262 g/mol. The molecule has 2 fully saturated rings. The van der Waals surface area contributed by atoms with E-state index in [-0.39, 0.29) is 11.6 Å². The Hall–Kier alpha value is -0.900. The highest BCUT2D eigenvalue weighted by Crippen LogP contribution is 2.49. The van der Waals surface area contributed by atoms with Crippen molar-refractivity contribution in [1.82, 2.24) is 5.32 Å². The molecule has 0 aliphatic carbocycles. The molecule has 116 valence electrons. The molecule has 2 heterocycles. The molecule has 3 rings (SSSR count). The molecule has 0 unspecified atom stereocenters. The highest BCUT2D eigenvalue weighted by molar-refractivity contribution is 5.23. The fourth-order valence-corrected chi connectivity index (χ4v) is 4.37. The average Bonchev–Trinajstić information content (AvgIpc) is 2.53. The third-order valence-electron chi connectivity index (χ3n) is 5.44. The molecule has 21 heavy (non-hydrogen) atoms. The Balaban J connectivity index is 1.94. The Kier molecular flexibility index (Phi) is 3.85. The Morgan fingerprint density at radius 2 is 1.90 bits per heavy atom. The Labute approximate surface area is 127 Å². The molecule has 2 aliphatic heterocycles. The van der Waals surface area contributed by atoms with Crippen molar-refractivity contribution in [3.63, 3.8) is 0 Å². The molecule has 0 radical (unpaired) electrons. The third kappa shape index (κ3) is 2.75. The average molecular weight is 289 g/mol. The van der Waals surface area contributed by atoms with Gasteiger partial charge in [0.15, 0.2) is 0 Å². The van der Waals surface area contributed by atoms with Gasteiger partial charge < -0.3 is 15.2 Å². The van der Waals surface area contributed by atoms with Crippen LogP contribution >= 0.6 is 0 Å². The number of hydrogen-bond donors (Lipinski definition) is 2. The predicted molar refractivity (Wildman–Crippen MR) is 84.4 cm³/mol. The van der Waals surface area contributed by atoms with Crippen molar-refractivity contribution in [2.45, 2.75) is 68.8 Å². The zero-order valence-corrected chi connectivity index (χ0v) is 13.3. The molecule has 2 aliphatic rings. The van der Waals surface area contributed by atoms with E-state index in [1.807, 2.05) is 7.05 Å². The van der Waals surface area contributed by atoms with Crippen LogP contribution in [0.1, 0.15) is 51.0 Å². The summed E-state index contributed by atoms with van der Waals surface area (Å²) in [6.45, 7) is 4.30. The van der Waals surface area contributed by atoms with Gasteiger partial charge in [-0.3, -0.25) is 0 Å². The second kappa shape index (κ2) is 5.38. The topological polar surface area (TPSA) is 41.5 Å². The van der Waals surface area contributed by atoms with Crippen molar-refractivity contribution in [2.75, 3.05) is 7.05 Å². The van der Waals surface area contributed by atoms with Crippen LogP contribution in [0.5, 0.6) is 0 Å². The fourth-order valence-electron chi connectivity index (χ4n) is 4.37. The van der Waals surface area contributed by atoms with E-state index >= 15 is 0 Å². The molecule has 0 amide bonds. The number of nitrogens with one attached hydrogen (secondary N) is 1. The summed E-state index contributed by atoms with van der Waals surface area (Å²) in [4.78, 5) is 0. The van der Waals surface area contributed by atoms with Crippen LogP contribution in [-0.4, -0.2) is 35.5 Å². The van der Waals surface area contributed by atoms with Gasteiger partial charge in [-0.25, -0.2) is 0 Å². The minimum Gasteiger partial charge on any atom is -0.388 e. The minimum atomic E-state index is -0.475. The van der Waals surface area contributed by atoms with E-state index in [0.29, 0.717) is 5.92 Å². The van der Waals surface area contributed by atoms with E-state index in [2.05, 4.69) is 49.5 Å².